The number of hydrazine groups is 1. The van der Waals surface area contributed by atoms with E-state index in [1.807, 2.05) is 60.7 Å². The first-order valence-corrected chi connectivity index (χ1v) is 7.83. The molecule has 5 heteroatoms. The molecule has 0 saturated carbocycles. The van der Waals surface area contributed by atoms with E-state index in [4.69, 9.17) is 11.6 Å². The Morgan fingerprint density at radius 1 is 0.792 bits per heavy atom. The summed E-state index contributed by atoms with van der Waals surface area (Å²) in [7, 11) is 0. The van der Waals surface area contributed by atoms with E-state index in [9.17, 15) is 4.79 Å². The van der Waals surface area contributed by atoms with Crippen LogP contribution < -0.4 is 15.8 Å². The predicted molar refractivity (Wildman–Crippen MR) is 98.6 cm³/mol. The number of rotatable bonds is 4. The fraction of sp³-hybridized carbons (Fsp3) is 0. The Morgan fingerprint density at radius 3 is 1.92 bits per heavy atom. The fourth-order valence-corrected chi connectivity index (χ4v) is 2.45. The summed E-state index contributed by atoms with van der Waals surface area (Å²) in [5.41, 5.74) is 5.19. The summed E-state index contributed by atoms with van der Waals surface area (Å²) >= 11 is 5.94. The molecular weight excluding hydrogens is 322 g/mol. The number of carbonyl (C=O) groups excluding carboxylic acids is 1. The maximum Gasteiger partial charge on any atom is 0.338 e. The number of amides is 2. The standard InChI is InChI=1S/C19H16ClN3O/c20-15-8-7-9-16(14-15)21-19(24)22-23(17-10-3-1-4-11-17)18-12-5-2-6-13-18/h1-14H,(H2,21,22,24). The van der Waals surface area contributed by atoms with E-state index < -0.39 is 0 Å². The summed E-state index contributed by atoms with van der Waals surface area (Å²) in [6.07, 6.45) is 0. The topological polar surface area (TPSA) is 44.4 Å². The molecule has 3 rings (SSSR count). The lowest BCUT2D eigenvalue weighted by molar-refractivity contribution is 0.252. The zero-order valence-corrected chi connectivity index (χ0v) is 13.6. The first kappa shape index (κ1) is 15.9. The Labute approximate surface area is 145 Å². The van der Waals surface area contributed by atoms with Crippen LogP contribution in [0.2, 0.25) is 5.02 Å². The normalized spacial score (nSPS) is 10.0. The van der Waals surface area contributed by atoms with E-state index in [2.05, 4.69) is 10.7 Å². The lowest BCUT2D eigenvalue weighted by Gasteiger charge is -2.25. The first-order valence-electron chi connectivity index (χ1n) is 7.46. The molecule has 120 valence electrons. The highest BCUT2D eigenvalue weighted by atomic mass is 35.5. The smallest absolute Gasteiger partial charge is 0.307 e. The van der Waals surface area contributed by atoms with Gasteiger partial charge in [-0.05, 0) is 42.5 Å². The Kier molecular flexibility index (Phi) is 4.99. The number of nitrogens with zero attached hydrogens (tertiary/aromatic N) is 1. The minimum atomic E-state index is -0.357. The summed E-state index contributed by atoms with van der Waals surface area (Å²) in [5.74, 6) is 0. The minimum absolute atomic E-state index is 0.357. The van der Waals surface area contributed by atoms with Gasteiger partial charge in [-0.15, -0.1) is 0 Å². The Balaban J connectivity index is 1.80. The Morgan fingerprint density at radius 2 is 1.38 bits per heavy atom. The molecule has 2 N–H and O–H groups in total. The van der Waals surface area contributed by atoms with Crippen LogP contribution in [0, 0.1) is 0 Å². The molecule has 0 heterocycles. The van der Waals surface area contributed by atoms with Gasteiger partial charge >= 0.3 is 6.03 Å². The van der Waals surface area contributed by atoms with Gasteiger partial charge in [0.05, 0.1) is 11.4 Å². The van der Waals surface area contributed by atoms with Gasteiger partial charge in [-0.1, -0.05) is 54.1 Å². The van der Waals surface area contributed by atoms with Crippen molar-refractivity contribution in [3.05, 3.63) is 90.0 Å². The van der Waals surface area contributed by atoms with Crippen LogP contribution in [-0.2, 0) is 0 Å². The third kappa shape index (κ3) is 4.06. The monoisotopic (exact) mass is 337 g/mol. The van der Waals surface area contributed by atoms with E-state index in [0.29, 0.717) is 10.7 Å². The number of anilines is 3. The van der Waals surface area contributed by atoms with E-state index in [1.165, 1.54) is 0 Å². The van der Waals surface area contributed by atoms with Crippen LogP contribution in [0.15, 0.2) is 84.9 Å². The van der Waals surface area contributed by atoms with Gasteiger partial charge in [0.1, 0.15) is 0 Å². The van der Waals surface area contributed by atoms with Gasteiger partial charge in [-0.2, -0.15) is 0 Å². The molecule has 0 aromatic heterocycles. The van der Waals surface area contributed by atoms with Crippen LogP contribution in [0.3, 0.4) is 0 Å². The second kappa shape index (κ2) is 7.53. The highest BCUT2D eigenvalue weighted by molar-refractivity contribution is 6.30. The molecule has 3 aromatic carbocycles. The van der Waals surface area contributed by atoms with Crippen LogP contribution >= 0.6 is 11.6 Å². The van der Waals surface area contributed by atoms with Crippen LogP contribution in [0.4, 0.5) is 21.9 Å². The van der Waals surface area contributed by atoms with E-state index in [-0.39, 0.29) is 6.03 Å². The summed E-state index contributed by atoms with van der Waals surface area (Å²) in [5, 5.41) is 5.06. The predicted octanol–water partition coefficient (Wildman–Crippen LogP) is 5.21. The van der Waals surface area contributed by atoms with Crippen molar-refractivity contribution >= 4 is 34.7 Å². The van der Waals surface area contributed by atoms with Crippen molar-refractivity contribution in [2.24, 2.45) is 0 Å². The van der Waals surface area contributed by atoms with Crippen molar-refractivity contribution in [1.29, 1.82) is 0 Å². The fourth-order valence-electron chi connectivity index (χ4n) is 2.26. The summed E-state index contributed by atoms with van der Waals surface area (Å²) in [4.78, 5) is 12.4. The number of hydrogen-bond donors (Lipinski definition) is 2. The zero-order valence-electron chi connectivity index (χ0n) is 12.8. The van der Waals surface area contributed by atoms with Crippen molar-refractivity contribution in [2.75, 3.05) is 10.3 Å². The number of benzene rings is 3. The average molecular weight is 338 g/mol. The zero-order chi connectivity index (χ0) is 16.8. The molecule has 4 nitrogen and oxygen atoms in total. The molecule has 0 aliphatic carbocycles. The number of hydrogen-bond acceptors (Lipinski definition) is 2. The maximum atomic E-state index is 12.4. The summed E-state index contributed by atoms with van der Waals surface area (Å²) in [6, 6.07) is 25.9. The molecule has 2 amide bonds. The van der Waals surface area contributed by atoms with Crippen LogP contribution in [0.1, 0.15) is 0 Å². The first-order chi connectivity index (χ1) is 11.7. The van der Waals surface area contributed by atoms with Crippen LogP contribution in [0.5, 0.6) is 0 Å². The molecule has 0 radical (unpaired) electrons. The molecule has 0 unspecified atom stereocenters. The van der Waals surface area contributed by atoms with Gasteiger partial charge in [0, 0.05) is 10.7 Å². The Hall–Kier alpha value is -2.98. The molecule has 0 aliphatic heterocycles. The number of halogens is 1. The van der Waals surface area contributed by atoms with Gasteiger partial charge in [0.15, 0.2) is 0 Å². The molecule has 0 aliphatic rings. The van der Waals surface area contributed by atoms with Gasteiger partial charge in [-0.3, -0.25) is 5.01 Å². The van der Waals surface area contributed by atoms with Crippen molar-refractivity contribution in [3.63, 3.8) is 0 Å². The van der Waals surface area contributed by atoms with Crippen LogP contribution in [-0.4, -0.2) is 6.03 Å². The number of para-hydroxylation sites is 2. The second-order valence-electron chi connectivity index (χ2n) is 5.08. The lowest BCUT2D eigenvalue weighted by atomic mass is 10.2. The number of urea groups is 1. The average Bonchev–Trinajstić information content (AvgIpc) is 2.61. The molecule has 3 aromatic rings. The molecule has 0 saturated heterocycles. The number of nitrogens with one attached hydrogen (secondary N) is 2. The van der Waals surface area contributed by atoms with E-state index >= 15 is 0 Å². The Bertz CT molecular complexity index is 770. The van der Waals surface area contributed by atoms with E-state index in [0.717, 1.165) is 11.4 Å². The van der Waals surface area contributed by atoms with Crippen molar-refractivity contribution in [2.45, 2.75) is 0 Å². The van der Waals surface area contributed by atoms with Gasteiger partial charge in [-0.25, -0.2) is 10.2 Å². The lowest BCUT2D eigenvalue weighted by Crippen LogP contribution is -2.41. The van der Waals surface area contributed by atoms with Gasteiger partial charge < -0.3 is 5.32 Å². The minimum Gasteiger partial charge on any atom is -0.307 e. The summed E-state index contributed by atoms with van der Waals surface area (Å²) < 4.78 is 0. The van der Waals surface area contributed by atoms with Gasteiger partial charge in [0.2, 0.25) is 0 Å². The highest BCUT2D eigenvalue weighted by Gasteiger charge is 2.12. The van der Waals surface area contributed by atoms with E-state index in [1.54, 1.807) is 29.3 Å². The van der Waals surface area contributed by atoms with Crippen molar-refractivity contribution in [1.82, 2.24) is 5.43 Å². The third-order valence-corrected chi connectivity index (χ3v) is 3.56. The molecule has 0 spiro atoms. The largest absolute Gasteiger partial charge is 0.338 e. The quantitative estimate of drug-likeness (QED) is 0.641. The maximum absolute atomic E-state index is 12.4. The molecular formula is C19H16ClN3O. The number of carbonyl (C=O) groups is 1. The molecule has 0 fully saturated rings. The molecule has 0 bridgehead atoms. The second-order valence-corrected chi connectivity index (χ2v) is 5.52. The molecule has 0 atom stereocenters. The third-order valence-electron chi connectivity index (χ3n) is 3.32. The SMILES string of the molecule is O=C(Nc1cccc(Cl)c1)NN(c1ccccc1)c1ccccc1. The van der Waals surface area contributed by atoms with Crippen molar-refractivity contribution in [3.8, 4) is 0 Å². The van der Waals surface area contributed by atoms with Gasteiger partial charge in [0.25, 0.3) is 0 Å². The van der Waals surface area contributed by atoms with Crippen LogP contribution in [0.25, 0.3) is 0 Å². The summed E-state index contributed by atoms with van der Waals surface area (Å²) in [6.45, 7) is 0. The highest BCUT2D eigenvalue weighted by Crippen LogP contribution is 2.22. The molecule has 24 heavy (non-hydrogen) atoms. The van der Waals surface area contributed by atoms with Crippen molar-refractivity contribution < 1.29 is 4.79 Å².